The van der Waals surface area contributed by atoms with Crippen molar-refractivity contribution in [2.24, 2.45) is 0 Å². The summed E-state index contributed by atoms with van der Waals surface area (Å²) >= 11 is 0. The van der Waals surface area contributed by atoms with E-state index in [0.717, 1.165) is 59.8 Å². The number of carbonyl (C=O) groups excluding carboxylic acids is 1. The van der Waals surface area contributed by atoms with E-state index < -0.39 is 0 Å². The summed E-state index contributed by atoms with van der Waals surface area (Å²) in [6, 6.07) is 18.2. The van der Waals surface area contributed by atoms with Gasteiger partial charge in [0.2, 0.25) is 11.8 Å². The molecule has 1 saturated heterocycles. The molecule has 2 aromatic heterocycles. The molecular weight excluding hydrogens is 502 g/mol. The average molecular weight is 536 g/mol. The molecular formula is C31H33N7O2. The summed E-state index contributed by atoms with van der Waals surface area (Å²) in [5, 5.41) is 11.0. The van der Waals surface area contributed by atoms with Gasteiger partial charge in [0, 0.05) is 57.1 Å². The molecule has 9 nitrogen and oxygen atoms in total. The molecule has 40 heavy (non-hydrogen) atoms. The topological polar surface area (TPSA) is 98.5 Å². The molecule has 1 aliphatic heterocycles. The second-order valence-corrected chi connectivity index (χ2v) is 10.1. The van der Waals surface area contributed by atoms with E-state index in [-0.39, 0.29) is 11.7 Å². The van der Waals surface area contributed by atoms with Crippen LogP contribution in [0.4, 0.5) is 17.5 Å². The van der Waals surface area contributed by atoms with E-state index >= 15 is 0 Å². The molecule has 0 bridgehead atoms. The van der Waals surface area contributed by atoms with Crippen molar-refractivity contribution < 1.29 is 9.53 Å². The number of hydrogen-bond acceptors (Lipinski definition) is 9. The number of rotatable bonds is 7. The number of piperazine rings is 1. The number of aromatic nitrogens is 3. The van der Waals surface area contributed by atoms with Crippen LogP contribution in [0.3, 0.4) is 0 Å². The van der Waals surface area contributed by atoms with Gasteiger partial charge in [0.1, 0.15) is 17.5 Å². The summed E-state index contributed by atoms with van der Waals surface area (Å²) < 4.78 is 5.84. The van der Waals surface area contributed by atoms with Crippen molar-refractivity contribution >= 4 is 34.3 Å². The maximum atomic E-state index is 11.7. The van der Waals surface area contributed by atoms with Gasteiger partial charge in [0.15, 0.2) is 11.4 Å². The number of ether oxygens (including phenoxy) is 1. The molecule has 1 aliphatic rings. The number of Topliss-reactive ketones (excluding diaryl/α,β-unsaturated/α-hetero) is 1. The van der Waals surface area contributed by atoms with Crippen molar-refractivity contribution in [3.63, 3.8) is 0 Å². The zero-order valence-electron chi connectivity index (χ0n) is 23.6. The van der Waals surface area contributed by atoms with Crippen LogP contribution in [0.2, 0.25) is 0 Å². The number of nitrogens with zero attached hydrogens (tertiary/aromatic N) is 7. The number of fused-ring (bicyclic) bond motifs is 1. The number of ketones is 1. The van der Waals surface area contributed by atoms with Gasteiger partial charge in [-0.1, -0.05) is 29.8 Å². The van der Waals surface area contributed by atoms with Crippen LogP contribution in [-0.4, -0.2) is 67.6 Å². The van der Waals surface area contributed by atoms with Crippen molar-refractivity contribution in [1.82, 2.24) is 15.0 Å². The Bertz CT molecular complexity index is 1580. The Morgan fingerprint density at radius 1 is 0.975 bits per heavy atom. The second kappa shape index (κ2) is 11.2. The first-order valence-corrected chi connectivity index (χ1v) is 13.4. The van der Waals surface area contributed by atoms with Crippen molar-refractivity contribution in [3.05, 3.63) is 65.2 Å². The van der Waals surface area contributed by atoms with Crippen molar-refractivity contribution in [2.75, 3.05) is 61.6 Å². The van der Waals surface area contributed by atoms with Gasteiger partial charge in [-0.2, -0.15) is 20.2 Å². The molecule has 2 aromatic carbocycles. The van der Waals surface area contributed by atoms with Gasteiger partial charge in [0.25, 0.3) is 0 Å². The minimum Gasteiger partial charge on any atom is -0.477 e. The number of benzene rings is 2. The number of hydrogen-bond donors (Lipinski definition) is 0. The molecule has 0 spiro atoms. The molecule has 0 saturated carbocycles. The van der Waals surface area contributed by atoms with E-state index in [9.17, 15) is 10.1 Å². The lowest BCUT2D eigenvalue weighted by atomic mass is 9.96. The van der Waals surface area contributed by atoms with Gasteiger partial charge in [0.05, 0.1) is 12.0 Å². The van der Waals surface area contributed by atoms with E-state index in [1.807, 2.05) is 81.4 Å². The Hall–Kier alpha value is -4.71. The van der Waals surface area contributed by atoms with Crippen LogP contribution < -0.4 is 19.4 Å². The standard InChI is InChI=1S/C31H33N7O2/c1-6-40-30-25(19-32)26(23-9-7-20(2)8-10-23)27-28(33-30)34-31(36(4)5)35-29(27)38-17-15-37(16-18-38)24-13-11-22(12-14-24)21(3)39/h7-14H,6,15-18H2,1-5H3. The lowest BCUT2D eigenvalue weighted by Gasteiger charge is -2.37. The van der Waals surface area contributed by atoms with Gasteiger partial charge in [-0.05, 0) is 50.6 Å². The predicted octanol–water partition coefficient (Wildman–Crippen LogP) is 4.87. The molecule has 0 amide bonds. The highest BCUT2D eigenvalue weighted by Crippen LogP contribution is 2.40. The lowest BCUT2D eigenvalue weighted by molar-refractivity contribution is 0.101. The summed E-state index contributed by atoms with van der Waals surface area (Å²) in [7, 11) is 3.81. The number of aryl methyl sites for hydroxylation is 1. The molecule has 0 atom stereocenters. The smallest absolute Gasteiger partial charge is 0.234 e. The Morgan fingerprint density at radius 2 is 1.62 bits per heavy atom. The first kappa shape index (κ1) is 26.9. The fraction of sp³-hybridized carbons (Fsp3) is 0.323. The van der Waals surface area contributed by atoms with Crippen LogP contribution in [0.5, 0.6) is 5.88 Å². The van der Waals surface area contributed by atoms with Crippen molar-refractivity contribution in [1.29, 1.82) is 5.26 Å². The quantitative estimate of drug-likeness (QED) is 0.307. The zero-order valence-corrected chi connectivity index (χ0v) is 23.6. The maximum Gasteiger partial charge on any atom is 0.234 e. The Kier molecular flexibility index (Phi) is 7.52. The van der Waals surface area contributed by atoms with E-state index in [1.54, 1.807) is 6.92 Å². The van der Waals surface area contributed by atoms with Gasteiger partial charge in [-0.3, -0.25) is 4.79 Å². The SMILES string of the molecule is CCOc1nc2nc(N(C)C)nc(N3CCN(c4ccc(C(C)=O)cc4)CC3)c2c(-c2ccc(C)cc2)c1C#N. The number of pyridine rings is 1. The predicted molar refractivity (Wildman–Crippen MR) is 159 cm³/mol. The fourth-order valence-corrected chi connectivity index (χ4v) is 4.98. The molecule has 4 aromatic rings. The molecule has 9 heteroatoms. The molecule has 0 unspecified atom stereocenters. The van der Waals surface area contributed by atoms with E-state index in [4.69, 9.17) is 19.7 Å². The van der Waals surface area contributed by atoms with Gasteiger partial charge >= 0.3 is 0 Å². The highest BCUT2D eigenvalue weighted by molar-refractivity contribution is 6.04. The minimum absolute atomic E-state index is 0.0610. The van der Waals surface area contributed by atoms with E-state index in [2.05, 4.69) is 15.9 Å². The van der Waals surface area contributed by atoms with Crippen LogP contribution in [0, 0.1) is 18.3 Å². The number of nitriles is 1. The fourth-order valence-electron chi connectivity index (χ4n) is 4.98. The van der Waals surface area contributed by atoms with Gasteiger partial charge in [-0.15, -0.1) is 0 Å². The summed E-state index contributed by atoms with van der Waals surface area (Å²) in [4.78, 5) is 32.6. The third-order valence-corrected chi connectivity index (χ3v) is 7.13. The van der Waals surface area contributed by atoms with Crippen LogP contribution in [0.1, 0.15) is 35.3 Å². The lowest BCUT2D eigenvalue weighted by Crippen LogP contribution is -2.47. The third-order valence-electron chi connectivity index (χ3n) is 7.13. The van der Waals surface area contributed by atoms with Crippen molar-refractivity contribution in [2.45, 2.75) is 20.8 Å². The summed E-state index contributed by atoms with van der Waals surface area (Å²) in [5.41, 5.74) is 5.42. The van der Waals surface area contributed by atoms with Gasteiger partial charge in [-0.25, -0.2) is 0 Å². The van der Waals surface area contributed by atoms with Crippen LogP contribution in [-0.2, 0) is 0 Å². The normalized spacial score (nSPS) is 13.3. The van der Waals surface area contributed by atoms with Crippen LogP contribution in [0.25, 0.3) is 22.2 Å². The monoisotopic (exact) mass is 535 g/mol. The molecule has 1 fully saturated rings. The minimum atomic E-state index is 0.0610. The van der Waals surface area contributed by atoms with Crippen molar-refractivity contribution in [3.8, 4) is 23.1 Å². The molecule has 0 N–H and O–H groups in total. The molecule has 0 radical (unpaired) electrons. The Balaban J connectivity index is 1.63. The summed E-state index contributed by atoms with van der Waals surface area (Å²) in [5.74, 6) is 1.63. The Labute approximate surface area is 234 Å². The third kappa shape index (κ3) is 5.13. The summed E-state index contributed by atoms with van der Waals surface area (Å²) in [6.45, 7) is 8.87. The van der Waals surface area contributed by atoms with E-state index in [1.165, 1.54) is 0 Å². The van der Waals surface area contributed by atoms with E-state index in [0.29, 0.717) is 29.3 Å². The molecule has 3 heterocycles. The average Bonchev–Trinajstić information content (AvgIpc) is 2.96. The van der Waals surface area contributed by atoms with Crippen LogP contribution >= 0.6 is 0 Å². The zero-order chi connectivity index (χ0) is 28.4. The molecule has 204 valence electrons. The second-order valence-electron chi connectivity index (χ2n) is 10.1. The van der Waals surface area contributed by atoms with Gasteiger partial charge < -0.3 is 19.4 Å². The first-order valence-electron chi connectivity index (χ1n) is 13.4. The first-order chi connectivity index (χ1) is 19.3. The van der Waals surface area contributed by atoms with Crippen LogP contribution in [0.15, 0.2) is 48.5 Å². The summed E-state index contributed by atoms with van der Waals surface area (Å²) in [6.07, 6.45) is 0. The largest absolute Gasteiger partial charge is 0.477 e. The highest BCUT2D eigenvalue weighted by Gasteiger charge is 2.27. The molecule has 5 rings (SSSR count). The number of carbonyl (C=O) groups is 1. The Morgan fingerprint density at radius 3 is 2.20 bits per heavy atom. The molecule has 0 aliphatic carbocycles. The highest BCUT2D eigenvalue weighted by atomic mass is 16.5. The maximum absolute atomic E-state index is 11.7. The number of anilines is 3.